The molecule has 0 radical (unpaired) electrons. The maximum atomic E-state index is 12.2. The lowest BCUT2D eigenvalue weighted by Gasteiger charge is -2.37. The van der Waals surface area contributed by atoms with Crippen LogP contribution in [0.15, 0.2) is 0 Å². The van der Waals surface area contributed by atoms with Crippen molar-refractivity contribution in [2.45, 2.75) is 129 Å². The molecule has 5 nitrogen and oxygen atoms in total. The lowest BCUT2D eigenvalue weighted by atomic mass is 9.86. The Morgan fingerprint density at radius 2 is 1.45 bits per heavy atom. The first-order chi connectivity index (χ1) is 15.0. The fraction of sp³-hybridized carbons (Fsp3) is 0.923. The van der Waals surface area contributed by atoms with Gasteiger partial charge >= 0.3 is 11.9 Å². The molecule has 31 heavy (non-hydrogen) atoms. The monoisotopic (exact) mass is 439 g/mol. The highest BCUT2D eigenvalue weighted by molar-refractivity contribution is 5.78. The number of unbranched alkanes of at least 4 members (excludes halogenated alkanes) is 11. The normalized spacial score (nSPS) is 19.2. The first-order valence-electron chi connectivity index (χ1n) is 13.0. The van der Waals surface area contributed by atoms with Crippen molar-refractivity contribution in [3.63, 3.8) is 0 Å². The molecule has 0 aromatic carbocycles. The van der Waals surface area contributed by atoms with E-state index in [4.69, 9.17) is 9.47 Å². The molecule has 1 heterocycles. The Bertz CT molecular complexity index is 480. The number of rotatable bonds is 20. The number of hydrogen-bond donors (Lipinski definition) is 0. The minimum Gasteiger partial charge on any atom is -0.461 e. The van der Waals surface area contributed by atoms with E-state index in [0.717, 1.165) is 25.7 Å². The van der Waals surface area contributed by atoms with Crippen LogP contribution in [0.2, 0.25) is 0 Å². The van der Waals surface area contributed by atoms with Crippen LogP contribution in [0.1, 0.15) is 117 Å². The summed E-state index contributed by atoms with van der Waals surface area (Å²) in [7, 11) is 3.74. The van der Waals surface area contributed by atoms with E-state index in [0.29, 0.717) is 13.0 Å². The molecule has 3 atom stereocenters. The van der Waals surface area contributed by atoms with Crippen LogP contribution in [0, 0.1) is 5.92 Å². The SMILES string of the molecule is CCCCCCCCCCC[C@@H](C[C@@H]1OC(=O)[C@H]1CCCCCC)OC(=O)CN(C)C. The second kappa shape index (κ2) is 17.5. The summed E-state index contributed by atoms with van der Waals surface area (Å²) < 4.78 is 11.2. The van der Waals surface area contributed by atoms with Gasteiger partial charge in [0.15, 0.2) is 0 Å². The molecule has 0 aromatic rings. The quantitative estimate of drug-likeness (QED) is 0.165. The molecule has 0 aromatic heterocycles. The van der Waals surface area contributed by atoms with Crippen LogP contribution in [0.3, 0.4) is 0 Å². The van der Waals surface area contributed by atoms with Crippen LogP contribution < -0.4 is 0 Å². The summed E-state index contributed by atoms with van der Waals surface area (Å²) in [5.41, 5.74) is 0. The average molecular weight is 440 g/mol. The van der Waals surface area contributed by atoms with E-state index < -0.39 is 0 Å². The third-order valence-corrected chi connectivity index (χ3v) is 6.26. The summed E-state index contributed by atoms with van der Waals surface area (Å²) in [5.74, 6) is -0.256. The van der Waals surface area contributed by atoms with Gasteiger partial charge in [0.25, 0.3) is 0 Å². The third kappa shape index (κ3) is 13.1. The number of carbonyl (C=O) groups excluding carboxylic acids is 2. The van der Waals surface area contributed by atoms with Gasteiger partial charge in [-0.3, -0.25) is 14.5 Å². The predicted octanol–water partition coefficient (Wildman–Crippen LogP) is 6.28. The van der Waals surface area contributed by atoms with E-state index in [2.05, 4.69) is 13.8 Å². The molecule has 0 saturated carbocycles. The van der Waals surface area contributed by atoms with Crippen molar-refractivity contribution in [3.8, 4) is 0 Å². The maximum Gasteiger partial charge on any atom is 0.320 e. The third-order valence-electron chi connectivity index (χ3n) is 6.26. The Labute approximate surface area is 191 Å². The Morgan fingerprint density at radius 1 is 0.903 bits per heavy atom. The van der Waals surface area contributed by atoms with E-state index in [1.165, 1.54) is 70.6 Å². The molecule has 1 aliphatic rings. The predicted molar refractivity (Wildman–Crippen MR) is 127 cm³/mol. The van der Waals surface area contributed by atoms with Crippen LogP contribution in [0.4, 0.5) is 0 Å². The first-order valence-corrected chi connectivity index (χ1v) is 13.0. The summed E-state index contributed by atoms with van der Waals surface area (Å²) in [6.45, 7) is 4.74. The minimum atomic E-state index is -0.184. The Balaban J connectivity index is 2.37. The number of nitrogens with zero attached hydrogens (tertiary/aromatic N) is 1. The van der Waals surface area contributed by atoms with Crippen molar-refractivity contribution >= 4 is 11.9 Å². The molecule has 0 aliphatic carbocycles. The average Bonchev–Trinajstić information content (AvgIpc) is 2.71. The number of carbonyl (C=O) groups is 2. The second-order valence-corrected chi connectivity index (χ2v) is 9.63. The molecule has 1 aliphatic heterocycles. The molecule has 0 N–H and O–H groups in total. The van der Waals surface area contributed by atoms with Gasteiger partial charge in [0.1, 0.15) is 12.2 Å². The van der Waals surface area contributed by atoms with Crippen molar-refractivity contribution in [3.05, 3.63) is 0 Å². The highest BCUT2D eigenvalue weighted by Crippen LogP contribution is 2.32. The van der Waals surface area contributed by atoms with Gasteiger partial charge in [-0.15, -0.1) is 0 Å². The molecule has 1 fully saturated rings. The molecule has 0 unspecified atom stereocenters. The molecule has 182 valence electrons. The Hall–Kier alpha value is -1.10. The Kier molecular flexibility index (Phi) is 15.7. The minimum absolute atomic E-state index is 0.00460. The van der Waals surface area contributed by atoms with E-state index in [9.17, 15) is 9.59 Å². The molecular weight excluding hydrogens is 390 g/mol. The zero-order valence-electron chi connectivity index (χ0n) is 20.8. The molecule has 1 saturated heterocycles. The maximum absolute atomic E-state index is 12.2. The van der Waals surface area contributed by atoms with E-state index in [1.54, 1.807) is 0 Å². The zero-order chi connectivity index (χ0) is 22.9. The van der Waals surface area contributed by atoms with Gasteiger partial charge in [-0.25, -0.2) is 0 Å². The van der Waals surface area contributed by atoms with Crippen molar-refractivity contribution in [1.82, 2.24) is 4.90 Å². The summed E-state index contributed by atoms with van der Waals surface area (Å²) in [6.07, 6.45) is 18.4. The summed E-state index contributed by atoms with van der Waals surface area (Å²) >= 11 is 0. The summed E-state index contributed by atoms with van der Waals surface area (Å²) in [6, 6.07) is 0. The van der Waals surface area contributed by atoms with Gasteiger partial charge < -0.3 is 9.47 Å². The van der Waals surface area contributed by atoms with Gasteiger partial charge in [0.05, 0.1) is 12.5 Å². The van der Waals surface area contributed by atoms with Gasteiger partial charge in [-0.05, 0) is 33.4 Å². The fourth-order valence-corrected chi connectivity index (χ4v) is 4.35. The van der Waals surface area contributed by atoms with E-state index >= 15 is 0 Å². The van der Waals surface area contributed by atoms with Crippen LogP contribution in [-0.2, 0) is 19.1 Å². The highest BCUT2D eigenvalue weighted by atomic mass is 16.6. The molecule has 1 rings (SSSR count). The standard InChI is InChI=1S/C26H49NO4/c1-5-7-9-11-12-13-14-15-16-18-22(30-25(28)21-27(3)4)20-24-23(26(29)31-24)19-17-10-8-6-2/h22-24H,5-21H2,1-4H3/t22-,23-,24-/m0/s1. The van der Waals surface area contributed by atoms with Crippen molar-refractivity contribution < 1.29 is 19.1 Å². The van der Waals surface area contributed by atoms with Gasteiger partial charge in [0.2, 0.25) is 0 Å². The molecule has 0 amide bonds. The van der Waals surface area contributed by atoms with Crippen LogP contribution in [0.5, 0.6) is 0 Å². The van der Waals surface area contributed by atoms with Crippen LogP contribution in [-0.4, -0.2) is 49.7 Å². The van der Waals surface area contributed by atoms with Crippen LogP contribution >= 0.6 is 0 Å². The Morgan fingerprint density at radius 3 is 2.00 bits per heavy atom. The molecule has 0 bridgehead atoms. The lowest BCUT2D eigenvalue weighted by molar-refractivity contribution is -0.190. The number of hydrogen-bond acceptors (Lipinski definition) is 5. The van der Waals surface area contributed by atoms with Crippen LogP contribution in [0.25, 0.3) is 0 Å². The van der Waals surface area contributed by atoms with E-state index in [-0.39, 0.29) is 30.1 Å². The number of cyclic esters (lactones) is 1. The highest BCUT2D eigenvalue weighted by Gasteiger charge is 2.43. The first kappa shape index (κ1) is 27.9. The number of likely N-dealkylation sites (N-methyl/N-ethyl adjacent to an activating group) is 1. The van der Waals surface area contributed by atoms with E-state index in [1.807, 2.05) is 19.0 Å². The van der Waals surface area contributed by atoms with Crippen molar-refractivity contribution in [1.29, 1.82) is 0 Å². The summed E-state index contributed by atoms with van der Waals surface area (Å²) in [5, 5.41) is 0. The molecular formula is C26H49NO4. The summed E-state index contributed by atoms with van der Waals surface area (Å²) in [4.78, 5) is 26.0. The van der Waals surface area contributed by atoms with Gasteiger partial charge in [-0.1, -0.05) is 90.9 Å². The van der Waals surface area contributed by atoms with Crippen molar-refractivity contribution in [2.24, 2.45) is 5.92 Å². The second-order valence-electron chi connectivity index (χ2n) is 9.63. The topological polar surface area (TPSA) is 55.8 Å². The van der Waals surface area contributed by atoms with Gasteiger partial charge in [-0.2, -0.15) is 0 Å². The smallest absolute Gasteiger partial charge is 0.320 e. The number of esters is 2. The lowest BCUT2D eigenvalue weighted by Crippen LogP contribution is -2.47. The van der Waals surface area contributed by atoms with Crippen molar-refractivity contribution in [2.75, 3.05) is 20.6 Å². The molecule has 5 heteroatoms. The molecule has 0 spiro atoms. The number of ether oxygens (including phenoxy) is 2. The largest absolute Gasteiger partial charge is 0.461 e. The fourth-order valence-electron chi connectivity index (χ4n) is 4.35. The van der Waals surface area contributed by atoms with Gasteiger partial charge in [0, 0.05) is 6.42 Å². The zero-order valence-corrected chi connectivity index (χ0v) is 20.8.